The van der Waals surface area contributed by atoms with Gasteiger partial charge in [-0.2, -0.15) is 0 Å². The first-order chi connectivity index (χ1) is 10.6. The fourth-order valence-corrected chi connectivity index (χ4v) is 1.60. The number of halogens is 1. The highest BCUT2D eigenvalue weighted by Gasteiger charge is 2.06. The molecule has 1 heterocycles. The van der Waals surface area contributed by atoms with Crippen molar-refractivity contribution in [1.29, 1.82) is 0 Å². The van der Waals surface area contributed by atoms with Crippen LogP contribution in [0.1, 0.15) is 11.3 Å². The molecule has 0 bridgehead atoms. The summed E-state index contributed by atoms with van der Waals surface area (Å²) in [5.74, 6) is -1.03. The number of carbonyl (C=O) groups is 2. The first-order valence-electron chi connectivity index (χ1n) is 6.53. The third-order valence-corrected chi connectivity index (χ3v) is 2.69. The van der Waals surface area contributed by atoms with E-state index >= 15 is 0 Å². The molecular formula is C16H14FNO4. The molecule has 0 aliphatic carbocycles. The average Bonchev–Trinajstić information content (AvgIpc) is 3.03. The summed E-state index contributed by atoms with van der Waals surface area (Å²) in [4.78, 5) is 22.9. The molecule has 1 aromatic carbocycles. The van der Waals surface area contributed by atoms with Crippen LogP contribution < -0.4 is 5.32 Å². The Bertz CT molecular complexity index is 665. The van der Waals surface area contributed by atoms with Gasteiger partial charge in [-0.3, -0.25) is 4.79 Å². The van der Waals surface area contributed by atoms with E-state index in [1.54, 1.807) is 24.3 Å². The molecule has 114 valence electrons. The highest BCUT2D eigenvalue weighted by molar-refractivity contribution is 5.89. The van der Waals surface area contributed by atoms with E-state index in [4.69, 9.17) is 9.15 Å². The van der Waals surface area contributed by atoms with Gasteiger partial charge >= 0.3 is 5.97 Å². The smallest absolute Gasteiger partial charge is 0.331 e. The van der Waals surface area contributed by atoms with Gasteiger partial charge in [-0.25, -0.2) is 9.18 Å². The van der Waals surface area contributed by atoms with E-state index in [0.29, 0.717) is 5.76 Å². The number of esters is 1. The predicted molar refractivity (Wildman–Crippen MR) is 76.9 cm³/mol. The highest BCUT2D eigenvalue weighted by atomic mass is 19.1. The van der Waals surface area contributed by atoms with Gasteiger partial charge in [0.15, 0.2) is 6.61 Å². The van der Waals surface area contributed by atoms with Crippen molar-refractivity contribution < 1.29 is 23.1 Å². The van der Waals surface area contributed by atoms with Crippen molar-refractivity contribution in [2.75, 3.05) is 6.61 Å². The monoisotopic (exact) mass is 303 g/mol. The molecule has 2 aromatic rings. The van der Waals surface area contributed by atoms with Crippen LogP contribution in [0.5, 0.6) is 0 Å². The van der Waals surface area contributed by atoms with Crippen LogP contribution in [-0.4, -0.2) is 18.5 Å². The van der Waals surface area contributed by atoms with Gasteiger partial charge in [-0.1, -0.05) is 18.2 Å². The van der Waals surface area contributed by atoms with Crippen molar-refractivity contribution in [2.24, 2.45) is 0 Å². The van der Waals surface area contributed by atoms with Gasteiger partial charge < -0.3 is 14.5 Å². The quantitative estimate of drug-likeness (QED) is 0.656. The maximum Gasteiger partial charge on any atom is 0.331 e. The minimum atomic E-state index is -0.726. The summed E-state index contributed by atoms with van der Waals surface area (Å²) in [6, 6.07) is 9.42. The van der Waals surface area contributed by atoms with Crippen LogP contribution in [0.2, 0.25) is 0 Å². The van der Waals surface area contributed by atoms with Crippen LogP contribution in [0.3, 0.4) is 0 Å². The predicted octanol–water partition coefficient (Wildman–Crippen LogP) is 2.29. The van der Waals surface area contributed by atoms with Crippen LogP contribution in [0.4, 0.5) is 4.39 Å². The van der Waals surface area contributed by atoms with Gasteiger partial charge in [0, 0.05) is 11.6 Å². The Labute approximate surface area is 126 Å². The largest absolute Gasteiger partial charge is 0.467 e. The fraction of sp³-hybridized carbons (Fsp3) is 0.125. The van der Waals surface area contributed by atoms with Crippen molar-refractivity contribution in [3.63, 3.8) is 0 Å². The second kappa shape index (κ2) is 7.78. The van der Waals surface area contributed by atoms with Gasteiger partial charge in [0.1, 0.15) is 11.6 Å². The molecule has 1 N–H and O–H groups in total. The molecule has 1 aromatic heterocycles. The summed E-state index contributed by atoms with van der Waals surface area (Å²) in [7, 11) is 0. The number of furan rings is 1. The second-order valence-electron chi connectivity index (χ2n) is 4.32. The van der Waals surface area contributed by atoms with Crippen molar-refractivity contribution in [1.82, 2.24) is 5.32 Å². The third-order valence-electron chi connectivity index (χ3n) is 2.69. The molecule has 0 spiro atoms. The number of ether oxygens (including phenoxy) is 1. The molecule has 0 saturated carbocycles. The number of amides is 1. The minimum absolute atomic E-state index is 0.217. The first-order valence-corrected chi connectivity index (χ1v) is 6.53. The maximum absolute atomic E-state index is 13.3. The van der Waals surface area contributed by atoms with Gasteiger partial charge in [-0.05, 0) is 24.3 Å². The summed E-state index contributed by atoms with van der Waals surface area (Å²) in [5, 5.41) is 2.53. The van der Waals surface area contributed by atoms with E-state index in [1.807, 2.05) is 0 Å². The Balaban J connectivity index is 1.73. The van der Waals surface area contributed by atoms with Crippen LogP contribution in [0.25, 0.3) is 6.08 Å². The van der Waals surface area contributed by atoms with Gasteiger partial charge in [0.25, 0.3) is 5.91 Å². The molecular weight excluding hydrogens is 289 g/mol. The number of rotatable bonds is 6. The summed E-state index contributed by atoms with van der Waals surface area (Å²) in [6.07, 6.45) is 3.85. The van der Waals surface area contributed by atoms with E-state index in [-0.39, 0.29) is 12.1 Å². The Morgan fingerprint density at radius 3 is 2.77 bits per heavy atom. The van der Waals surface area contributed by atoms with E-state index < -0.39 is 24.3 Å². The van der Waals surface area contributed by atoms with Gasteiger partial charge in [0.2, 0.25) is 0 Å². The lowest BCUT2D eigenvalue weighted by Crippen LogP contribution is -2.27. The molecule has 1 amide bonds. The van der Waals surface area contributed by atoms with Crippen LogP contribution >= 0.6 is 0 Å². The Hall–Kier alpha value is -2.89. The Kier molecular flexibility index (Phi) is 5.48. The van der Waals surface area contributed by atoms with E-state index in [2.05, 4.69) is 5.32 Å². The van der Waals surface area contributed by atoms with E-state index in [0.717, 1.165) is 6.08 Å². The standard InChI is InChI=1S/C16H14FNO4/c17-14-6-2-1-4-12(14)7-8-16(20)22-11-15(19)18-10-13-5-3-9-21-13/h1-9H,10-11H2,(H,18,19)/b8-7+. The van der Waals surface area contributed by atoms with Crippen molar-refractivity contribution in [3.05, 3.63) is 65.9 Å². The molecule has 2 rings (SSSR count). The zero-order valence-electron chi connectivity index (χ0n) is 11.6. The Morgan fingerprint density at radius 2 is 2.05 bits per heavy atom. The molecule has 0 fully saturated rings. The SMILES string of the molecule is O=C(COC(=O)/C=C/c1ccccc1F)NCc1ccco1. The summed E-state index contributed by atoms with van der Waals surface area (Å²) in [5.41, 5.74) is 0.265. The number of benzene rings is 1. The molecule has 0 aliphatic heterocycles. The number of hydrogen-bond donors (Lipinski definition) is 1. The first kappa shape index (κ1) is 15.5. The van der Waals surface area contributed by atoms with Gasteiger partial charge in [0.05, 0.1) is 12.8 Å². The summed E-state index contributed by atoms with van der Waals surface area (Å²) in [6.45, 7) is -0.199. The van der Waals surface area contributed by atoms with Crippen molar-refractivity contribution >= 4 is 18.0 Å². The van der Waals surface area contributed by atoms with Crippen LogP contribution in [0, 0.1) is 5.82 Å². The van der Waals surface area contributed by atoms with Crippen molar-refractivity contribution in [2.45, 2.75) is 6.54 Å². The van der Waals surface area contributed by atoms with Crippen LogP contribution in [-0.2, 0) is 20.9 Å². The number of nitrogens with one attached hydrogen (secondary N) is 1. The molecule has 0 saturated heterocycles. The molecule has 22 heavy (non-hydrogen) atoms. The molecule has 0 atom stereocenters. The lowest BCUT2D eigenvalue weighted by Gasteiger charge is -2.03. The van der Waals surface area contributed by atoms with E-state index in [1.165, 1.54) is 24.5 Å². The number of hydrogen-bond acceptors (Lipinski definition) is 4. The highest BCUT2D eigenvalue weighted by Crippen LogP contribution is 2.08. The molecule has 6 heteroatoms. The van der Waals surface area contributed by atoms with Crippen molar-refractivity contribution in [3.8, 4) is 0 Å². The molecule has 0 unspecified atom stereocenters. The molecule has 5 nitrogen and oxygen atoms in total. The zero-order valence-corrected chi connectivity index (χ0v) is 11.6. The minimum Gasteiger partial charge on any atom is -0.467 e. The second-order valence-corrected chi connectivity index (χ2v) is 4.32. The van der Waals surface area contributed by atoms with Gasteiger partial charge in [-0.15, -0.1) is 0 Å². The Morgan fingerprint density at radius 1 is 1.23 bits per heavy atom. The average molecular weight is 303 g/mol. The fourth-order valence-electron chi connectivity index (χ4n) is 1.60. The molecule has 0 radical (unpaired) electrons. The van der Waals surface area contributed by atoms with E-state index in [9.17, 15) is 14.0 Å². The lowest BCUT2D eigenvalue weighted by atomic mass is 10.2. The molecule has 0 aliphatic rings. The topological polar surface area (TPSA) is 68.5 Å². The summed E-state index contributed by atoms with van der Waals surface area (Å²) >= 11 is 0. The maximum atomic E-state index is 13.3. The normalized spacial score (nSPS) is 10.6. The summed E-state index contributed by atoms with van der Waals surface area (Å²) < 4.78 is 23.1. The van der Waals surface area contributed by atoms with Crippen LogP contribution in [0.15, 0.2) is 53.2 Å². The lowest BCUT2D eigenvalue weighted by molar-refractivity contribution is -0.143. The third kappa shape index (κ3) is 4.90. The number of carbonyl (C=O) groups excluding carboxylic acids is 2. The zero-order chi connectivity index (χ0) is 15.8.